The Bertz CT molecular complexity index is 500. The van der Waals surface area contributed by atoms with E-state index >= 15 is 0 Å². The van der Waals surface area contributed by atoms with Gasteiger partial charge in [-0.3, -0.25) is 4.79 Å². The number of nitrogens with two attached hydrogens (primary N) is 1. The van der Waals surface area contributed by atoms with Crippen molar-refractivity contribution in [3.05, 3.63) is 59.0 Å². The fourth-order valence-electron chi connectivity index (χ4n) is 1.45. The molecule has 0 saturated heterocycles. The van der Waals surface area contributed by atoms with Crippen molar-refractivity contribution in [2.45, 2.75) is 20.8 Å². The van der Waals surface area contributed by atoms with Gasteiger partial charge in [0, 0.05) is 12.6 Å². The average Bonchev–Trinajstić information content (AvgIpc) is 2.43. The normalized spacial score (nSPS) is 15.2. The lowest BCUT2D eigenvalue weighted by Crippen LogP contribution is -2.20. The maximum atomic E-state index is 13.8. The Morgan fingerprint density at radius 3 is 2.35 bits per heavy atom. The van der Waals surface area contributed by atoms with Crippen LogP contribution in [-0.4, -0.2) is 12.8 Å². The molecule has 20 heavy (non-hydrogen) atoms. The standard InChI is InChI=1S/C15H20F2N2O/c1-5-12(16)8-13(17)14(18)15(19-6-2)11(4)7-10(3)9-20/h5,7-9,19H,1,6,18H2,2-4H3/b10-7-,12-8+,14-13+,15-11-. The molecule has 0 aromatic carbocycles. The molecule has 3 nitrogen and oxygen atoms in total. The van der Waals surface area contributed by atoms with E-state index in [-0.39, 0.29) is 5.70 Å². The number of hydrogen-bond acceptors (Lipinski definition) is 3. The molecule has 0 fully saturated rings. The topological polar surface area (TPSA) is 55.1 Å². The van der Waals surface area contributed by atoms with E-state index in [2.05, 4.69) is 11.9 Å². The zero-order valence-electron chi connectivity index (χ0n) is 12.0. The average molecular weight is 282 g/mol. The van der Waals surface area contributed by atoms with E-state index in [0.29, 0.717) is 35.8 Å². The van der Waals surface area contributed by atoms with Crippen LogP contribution in [0.1, 0.15) is 20.8 Å². The first kappa shape index (κ1) is 17.8. The summed E-state index contributed by atoms with van der Waals surface area (Å²) >= 11 is 0. The summed E-state index contributed by atoms with van der Waals surface area (Å²) in [5.74, 6) is -1.73. The number of carbonyl (C=O) groups excluding carboxylic acids is 1. The minimum Gasteiger partial charge on any atom is -0.395 e. The number of carbonyl (C=O) groups is 1. The predicted molar refractivity (Wildman–Crippen MR) is 77.9 cm³/mol. The molecule has 0 rings (SSSR count). The summed E-state index contributed by atoms with van der Waals surface area (Å²) in [6.45, 7) is 8.80. The van der Waals surface area contributed by atoms with Crippen LogP contribution in [0.15, 0.2) is 59.0 Å². The summed E-state index contributed by atoms with van der Waals surface area (Å²) in [5, 5.41) is 2.90. The molecule has 0 amide bonds. The first-order valence-corrected chi connectivity index (χ1v) is 6.10. The van der Waals surface area contributed by atoms with Crippen LogP contribution in [0.5, 0.6) is 0 Å². The summed E-state index contributed by atoms with van der Waals surface area (Å²) in [6.07, 6.45) is 3.79. The molecule has 0 aliphatic heterocycles. The van der Waals surface area contributed by atoms with Gasteiger partial charge in [0.05, 0.1) is 11.4 Å². The van der Waals surface area contributed by atoms with E-state index in [1.807, 2.05) is 6.92 Å². The van der Waals surface area contributed by atoms with Gasteiger partial charge in [0.2, 0.25) is 0 Å². The highest BCUT2D eigenvalue weighted by molar-refractivity contribution is 5.73. The fourth-order valence-corrected chi connectivity index (χ4v) is 1.45. The third kappa shape index (κ3) is 5.65. The van der Waals surface area contributed by atoms with Crippen LogP contribution in [0.4, 0.5) is 8.78 Å². The third-order valence-electron chi connectivity index (χ3n) is 2.36. The number of rotatable bonds is 7. The summed E-state index contributed by atoms with van der Waals surface area (Å²) < 4.78 is 26.8. The Labute approximate surface area is 118 Å². The van der Waals surface area contributed by atoms with E-state index in [9.17, 15) is 13.6 Å². The highest BCUT2D eigenvalue weighted by atomic mass is 19.1. The number of allylic oxidation sites excluding steroid dienone is 7. The van der Waals surface area contributed by atoms with E-state index in [4.69, 9.17) is 5.73 Å². The molecule has 0 atom stereocenters. The fraction of sp³-hybridized carbons (Fsp3) is 0.267. The molecule has 0 aliphatic rings. The minimum absolute atomic E-state index is 0.226. The Morgan fingerprint density at radius 1 is 1.30 bits per heavy atom. The third-order valence-corrected chi connectivity index (χ3v) is 2.36. The van der Waals surface area contributed by atoms with Crippen LogP contribution < -0.4 is 11.1 Å². The van der Waals surface area contributed by atoms with Crippen LogP contribution in [-0.2, 0) is 4.79 Å². The second-order valence-corrected chi connectivity index (χ2v) is 4.09. The van der Waals surface area contributed by atoms with Crippen molar-refractivity contribution in [3.63, 3.8) is 0 Å². The van der Waals surface area contributed by atoms with E-state index in [0.717, 1.165) is 6.08 Å². The molecule has 0 saturated carbocycles. The SMILES string of the molecule is C=C\C(F)=C/C(F)=C(N)/C(NCC)=C(C)/C=C(/C)C=O. The Balaban J connectivity index is 5.81. The lowest BCUT2D eigenvalue weighted by molar-refractivity contribution is -0.104. The highest BCUT2D eigenvalue weighted by Gasteiger charge is 2.09. The summed E-state index contributed by atoms with van der Waals surface area (Å²) in [4.78, 5) is 10.6. The largest absolute Gasteiger partial charge is 0.395 e. The Hall–Kier alpha value is -2.17. The van der Waals surface area contributed by atoms with Gasteiger partial charge in [0.15, 0.2) is 5.83 Å². The van der Waals surface area contributed by atoms with Crippen LogP contribution in [0.3, 0.4) is 0 Å². The number of hydrogen-bond donors (Lipinski definition) is 2. The number of likely N-dealkylation sites (N-methyl/N-ethyl adjacent to an activating group) is 1. The maximum absolute atomic E-state index is 13.8. The second kappa shape index (κ2) is 8.85. The van der Waals surface area contributed by atoms with Crippen molar-refractivity contribution >= 4 is 6.29 Å². The molecule has 0 spiro atoms. The first-order valence-electron chi connectivity index (χ1n) is 6.10. The van der Waals surface area contributed by atoms with Gasteiger partial charge >= 0.3 is 0 Å². The highest BCUT2D eigenvalue weighted by Crippen LogP contribution is 2.17. The molecule has 0 aromatic rings. The zero-order chi connectivity index (χ0) is 15.7. The Kier molecular flexibility index (Phi) is 7.89. The molecule has 5 heteroatoms. The first-order chi connectivity index (χ1) is 9.37. The Morgan fingerprint density at radius 2 is 1.90 bits per heavy atom. The molecule has 3 N–H and O–H groups in total. The lowest BCUT2D eigenvalue weighted by atomic mass is 10.1. The van der Waals surface area contributed by atoms with Crippen molar-refractivity contribution in [1.82, 2.24) is 5.32 Å². The van der Waals surface area contributed by atoms with Gasteiger partial charge in [-0.05, 0) is 38.0 Å². The van der Waals surface area contributed by atoms with Gasteiger partial charge in [-0.1, -0.05) is 12.7 Å². The minimum atomic E-state index is -0.908. The van der Waals surface area contributed by atoms with Gasteiger partial charge in [0.25, 0.3) is 0 Å². The smallest absolute Gasteiger partial charge is 0.151 e. The summed E-state index contributed by atoms with van der Waals surface area (Å²) in [7, 11) is 0. The number of halogens is 2. The lowest BCUT2D eigenvalue weighted by Gasteiger charge is -2.13. The monoisotopic (exact) mass is 282 g/mol. The van der Waals surface area contributed by atoms with E-state index in [1.165, 1.54) is 0 Å². The van der Waals surface area contributed by atoms with Gasteiger partial charge in [-0.15, -0.1) is 0 Å². The van der Waals surface area contributed by atoms with Gasteiger partial charge in [0.1, 0.15) is 12.1 Å². The van der Waals surface area contributed by atoms with Crippen LogP contribution in [0.25, 0.3) is 0 Å². The van der Waals surface area contributed by atoms with Crippen LogP contribution in [0.2, 0.25) is 0 Å². The molecular formula is C15H20F2N2O. The molecule has 0 aliphatic carbocycles. The van der Waals surface area contributed by atoms with Crippen LogP contribution in [0, 0.1) is 0 Å². The van der Waals surface area contributed by atoms with E-state index < -0.39 is 11.7 Å². The zero-order valence-corrected chi connectivity index (χ0v) is 12.0. The van der Waals surface area contributed by atoms with Crippen molar-refractivity contribution in [2.24, 2.45) is 5.73 Å². The van der Waals surface area contributed by atoms with Gasteiger partial charge < -0.3 is 11.1 Å². The molecule has 0 unspecified atom stereocenters. The molecular weight excluding hydrogens is 262 g/mol. The van der Waals surface area contributed by atoms with Gasteiger partial charge in [-0.25, -0.2) is 8.78 Å². The number of aldehydes is 1. The van der Waals surface area contributed by atoms with Crippen molar-refractivity contribution in [3.8, 4) is 0 Å². The molecule has 0 aromatic heterocycles. The van der Waals surface area contributed by atoms with E-state index in [1.54, 1.807) is 19.9 Å². The van der Waals surface area contributed by atoms with Crippen LogP contribution >= 0.6 is 0 Å². The molecule has 0 radical (unpaired) electrons. The van der Waals surface area contributed by atoms with Gasteiger partial charge in [-0.2, -0.15) is 0 Å². The maximum Gasteiger partial charge on any atom is 0.151 e. The number of nitrogens with one attached hydrogen (secondary N) is 1. The quantitative estimate of drug-likeness (QED) is 0.428. The summed E-state index contributed by atoms with van der Waals surface area (Å²) in [6, 6.07) is 0. The van der Waals surface area contributed by atoms with Crippen molar-refractivity contribution in [1.29, 1.82) is 0 Å². The molecule has 0 heterocycles. The second-order valence-electron chi connectivity index (χ2n) is 4.09. The predicted octanol–water partition coefficient (Wildman–Crippen LogP) is 3.19. The van der Waals surface area contributed by atoms with Crippen molar-refractivity contribution in [2.75, 3.05) is 6.54 Å². The molecule has 110 valence electrons. The van der Waals surface area contributed by atoms with Crippen molar-refractivity contribution < 1.29 is 13.6 Å². The molecule has 0 bridgehead atoms. The summed E-state index contributed by atoms with van der Waals surface area (Å²) in [5.41, 5.74) is 6.83.